The van der Waals surface area contributed by atoms with Gasteiger partial charge in [-0.25, -0.2) is 4.98 Å². The monoisotopic (exact) mass is 243 g/mol. The summed E-state index contributed by atoms with van der Waals surface area (Å²) in [5.41, 5.74) is 2.58. The third kappa shape index (κ3) is 1.85. The Balaban J connectivity index is 1.86. The second-order valence-corrected chi connectivity index (χ2v) is 5.28. The van der Waals surface area contributed by atoms with Crippen LogP contribution in [0.2, 0.25) is 0 Å². The number of nitriles is 1. The van der Waals surface area contributed by atoms with Gasteiger partial charge in [0.1, 0.15) is 11.9 Å². The normalized spacial score (nSPS) is 29.3. The predicted octanol–water partition coefficient (Wildman–Crippen LogP) is 2.30. The van der Waals surface area contributed by atoms with Crippen molar-refractivity contribution in [1.29, 1.82) is 5.26 Å². The van der Waals surface area contributed by atoms with Gasteiger partial charge in [-0.15, -0.1) is 0 Å². The van der Waals surface area contributed by atoms with Gasteiger partial charge in [-0.2, -0.15) is 5.26 Å². The van der Waals surface area contributed by atoms with Crippen LogP contribution in [0.15, 0.2) is 6.07 Å². The molecule has 2 aliphatic heterocycles. The van der Waals surface area contributed by atoms with E-state index in [0.29, 0.717) is 23.8 Å². The molecule has 0 spiro atoms. The van der Waals surface area contributed by atoms with Crippen molar-refractivity contribution in [3.05, 3.63) is 22.9 Å². The zero-order chi connectivity index (χ0) is 12.7. The fraction of sp³-hybridized carbons (Fsp3) is 0.571. The molecule has 4 nitrogen and oxygen atoms in total. The molecule has 1 N–H and O–H groups in total. The first kappa shape index (κ1) is 11.5. The summed E-state index contributed by atoms with van der Waals surface area (Å²) in [5.74, 6) is 0.719. The number of rotatable bonds is 2. The zero-order valence-corrected chi connectivity index (χ0v) is 10.7. The van der Waals surface area contributed by atoms with Gasteiger partial charge in [-0.1, -0.05) is 0 Å². The van der Waals surface area contributed by atoms with E-state index >= 15 is 0 Å². The lowest BCUT2D eigenvalue weighted by Crippen LogP contribution is -2.31. The van der Waals surface area contributed by atoms with Gasteiger partial charge in [-0.05, 0) is 44.7 Å². The highest BCUT2D eigenvalue weighted by atomic mass is 16.5. The van der Waals surface area contributed by atoms with E-state index in [4.69, 9.17) is 4.74 Å². The summed E-state index contributed by atoms with van der Waals surface area (Å²) in [4.78, 5) is 4.46. The van der Waals surface area contributed by atoms with Gasteiger partial charge in [0.2, 0.25) is 0 Å². The van der Waals surface area contributed by atoms with Gasteiger partial charge in [0, 0.05) is 5.69 Å². The van der Waals surface area contributed by atoms with Crippen LogP contribution >= 0.6 is 0 Å². The van der Waals surface area contributed by atoms with E-state index in [-0.39, 0.29) is 0 Å². The highest BCUT2D eigenvalue weighted by Gasteiger charge is 2.41. The molecule has 0 saturated carbocycles. The number of aromatic nitrogens is 1. The number of pyridine rings is 1. The molecule has 3 atom stereocenters. The molecule has 3 rings (SSSR count). The lowest BCUT2D eigenvalue weighted by Gasteiger charge is -2.21. The fourth-order valence-electron chi connectivity index (χ4n) is 3.05. The highest BCUT2D eigenvalue weighted by molar-refractivity contribution is 5.57. The average molecular weight is 243 g/mol. The van der Waals surface area contributed by atoms with E-state index < -0.39 is 0 Å². The van der Waals surface area contributed by atoms with Crippen LogP contribution in [-0.2, 0) is 4.74 Å². The van der Waals surface area contributed by atoms with E-state index in [1.165, 1.54) is 6.42 Å². The minimum absolute atomic E-state index is 0.296. The van der Waals surface area contributed by atoms with E-state index in [1.807, 2.05) is 19.9 Å². The van der Waals surface area contributed by atoms with Crippen molar-refractivity contribution in [3.8, 4) is 6.07 Å². The van der Waals surface area contributed by atoms with Crippen LogP contribution in [0.3, 0.4) is 0 Å². The fourth-order valence-corrected chi connectivity index (χ4v) is 3.05. The Morgan fingerprint density at radius 1 is 1.44 bits per heavy atom. The number of aryl methyl sites for hydroxylation is 2. The van der Waals surface area contributed by atoms with Gasteiger partial charge in [0.15, 0.2) is 0 Å². The number of ether oxygens (including phenoxy) is 1. The molecule has 0 aromatic carbocycles. The number of hydrogen-bond donors (Lipinski definition) is 1. The molecule has 2 bridgehead atoms. The van der Waals surface area contributed by atoms with Gasteiger partial charge in [0.05, 0.1) is 23.8 Å². The molecule has 2 saturated heterocycles. The van der Waals surface area contributed by atoms with Crippen molar-refractivity contribution in [2.24, 2.45) is 0 Å². The molecule has 18 heavy (non-hydrogen) atoms. The number of hydrogen-bond acceptors (Lipinski definition) is 4. The summed E-state index contributed by atoms with van der Waals surface area (Å²) in [6.45, 7) is 3.91. The van der Waals surface area contributed by atoms with E-state index in [1.54, 1.807) is 0 Å². The third-order valence-corrected chi connectivity index (χ3v) is 3.88. The first-order valence-electron chi connectivity index (χ1n) is 6.47. The molecular weight excluding hydrogens is 226 g/mol. The Kier molecular flexibility index (Phi) is 2.71. The van der Waals surface area contributed by atoms with Crippen molar-refractivity contribution >= 4 is 5.82 Å². The van der Waals surface area contributed by atoms with E-state index in [0.717, 1.165) is 29.9 Å². The summed E-state index contributed by atoms with van der Waals surface area (Å²) in [6, 6.07) is 4.50. The van der Waals surface area contributed by atoms with Crippen LogP contribution in [0.4, 0.5) is 5.82 Å². The van der Waals surface area contributed by atoms with Crippen molar-refractivity contribution in [3.63, 3.8) is 0 Å². The van der Waals surface area contributed by atoms with E-state index in [9.17, 15) is 5.26 Å². The summed E-state index contributed by atoms with van der Waals surface area (Å²) >= 11 is 0. The summed E-state index contributed by atoms with van der Waals surface area (Å²) < 4.78 is 5.82. The maximum Gasteiger partial charge on any atom is 0.144 e. The minimum Gasteiger partial charge on any atom is -0.373 e. The van der Waals surface area contributed by atoms with Gasteiger partial charge in [0.25, 0.3) is 0 Å². The summed E-state index contributed by atoms with van der Waals surface area (Å²) in [5, 5.41) is 12.6. The smallest absolute Gasteiger partial charge is 0.144 e. The molecule has 4 heteroatoms. The largest absolute Gasteiger partial charge is 0.373 e. The Labute approximate surface area is 107 Å². The quantitative estimate of drug-likeness (QED) is 0.866. The van der Waals surface area contributed by atoms with Crippen molar-refractivity contribution in [2.45, 2.75) is 51.4 Å². The number of fused-ring (bicyclic) bond motifs is 2. The molecule has 0 radical (unpaired) electrons. The Bertz CT molecular complexity index is 521. The molecule has 94 valence electrons. The first-order valence-corrected chi connectivity index (χ1v) is 6.47. The lowest BCUT2D eigenvalue weighted by atomic mass is 9.95. The van der Waals surface area contributed by atoms with Crippen LogP contribution < -0.4 is 5.32 Å². The molecule has 0 amide bonds. The van der Waals surface area contributed by atoms with Crippen molar-refractivity contribution in [2.75, 3.05) is 5.32 Å². The van der Waals surface area contributed by atoms with Crippen LogP contribution in [0.25, 0.3) is 0 Å². The molecule has 3 heterocycles. The zero-order valence-electron chi connectivity index (χ0n) is 10.7. The molecule has 0 aliphatic carbocycles. The number of anilines is 1. The molecule has 2 aliphatic rings. The Hall–Kier alpha value is -1.60. The topological polar surface area (TPSA) is 57.9 Å². The second kappa shape index (κ2) is 4.25. The van der Waals surface area contributed by atoms with Gasteiger partial charge in [-0.3, -0.25) is 0 Å². The Morgan fingerprint density at radius 3 is 2.89 bits per heavy atom. The number of nitrogens with one attached hydrogen (secondary N) is 1. The second-order valence-electron chi connectivity index (χ2n) is 5.28. The van der Waals surface area contributed by atoms with Crippen LogP contribution in [0.5, 0.6) is 0 Å². The summed E-state index contributed by atoms with van der Waals surface area (Å²) in [7, 11) is 0. The maximum absolute atomic E-state index is 9.23. The predicted molar refractivity (Wildman–Crippen MR) is 68.3 cm³/mol. The van der Waals surface area contributed by atoms with E-state index in [2.05, 4.69) is 16.4 Å². The highest BCUT2D eigenvalue weighted by Crippen LogP contribution is 2.36. The van der Waals surface area contributed by atoms with Gasteiger partial charge < -0.3 is 10.1 Å². The number of nitrogens with zero attached hydrogens (tertiary/aromatic N) is 2. The van der Waals surface area contributed by atoms with Gasteiger partial charge >= 0.3 is 0 Å². The molecule has 1 aromatic heterocycles. The molecule has 1 aromatic rings. The molecular formula is C14H17N3O. The minimum atomic E-state index is 0.296. The van der Waals surface area contributed by atoms with Crippen LogP contribution in [0, 0.1) is 25.2 Å². The van der Waals surface area contributed by atoms with Crippen LogP contribution in [-0.4, -0.2) is 23.2 Å². The Morgan fingerprint density at radius 2 is 2.28 bits per heavy atom. The first-order chi connectivity index (χ1) is 8.67. The SMILES string of the molecule is Cc1cc(C)c(C#N)c(N[C@@H]2C[C@H]3CC[C@H]2O3)n1. The molecule has 2 fully saturated rings. The van der Waals surface area contributed by atoms with Crippen molar-refractivity contribution < 1.29 is 4.74 Å². The standard InChI is InChI=1S/C14H17N3O/c1-8-5-9(2)16-14(11(8)7-15)17-12-6-10-3-4-13(12)18-10/h5,10,12-13H,3-4,6H2,1-2H3,(H,16,17)/t10-,12-,13-/m1/s1. The molecule has 0 unspecified atom stereocenters. The van der Waals surface area contributed by atoms with Crippen molar-refractivity contribution in [1.82, 2.24) is 4.98 Å². The lowest BCUT2D eigenvalue weighted by molar-refractivity contribution is 0.102. The summed E-state index contributed by atoms with van der Waals surface area (Å²) in [6.07, 6.45) is 4.03. The average Bonchev–Trinajstić information content (AvgIpc) is 2.90. The maximum atomic E-state index is 9.23. The van der Waals surface area contributed by atoms with Crippen LogP contribution in [0.1, 0.15) is 36.1 Å². The third-order valence-electron chi connectivity index (χ3n) is 3.88.